The third kappa shape index (κ3) is 3.26. The molecular formula is C21H22N2O4S. The van der Waals surface area contributed by atoms with Crippen LogP contribution < -0.4 is 15.8 Å². The zero-order valence-corrected chi connectivity index (χ0v) is 16.7. The smallest absolute Gasteiger partial charge is 0.292 e. The van der Waals surface area contributed by atoms with Crippen LogP contribution in [0.5, 0.6) is 5.75 Å². The first kappa shape index (κ1) is 18.6. The number of fused-ring (bicyclic) bond motifs is 2. The number of hydrogen-bond acceptors (Lipinski definition) is 5. The molecule has 1 aliphatic rings. The van der Waals surface area contributed by atoms with Crippen LogP contribution in [0.1, 0.15) is 51.6 Å². The van der Waals surface area contributed by atoms with Gasteiger partial charge in [-0.05, 0) is 49.8 Å². The Bertz CT molecular complexity index is 1070. The average molecular weight is 398 g/mol. The number of carbonyl (C=O) groups excluding carboxylic acids is 2. The lowest BCUT2D eigenvalue weighted by molar-refractivity contribution is 0.0999. The van der Waals surface area contributed by atoms with Gasteiger partial charge in [0.05, 0.1) is 12.2 Å². The van der Waals surface area contributed by atoms with Crippen molar-refractivity contribution >= 4 is 39.1 Å². The van der Waals surface area contributed by atoms with E-state index in [9.17, 15) is 9.59 Å². The zero-order valence-electron chi connectivity index (χ0n) is 15.8. The van der Waals surface area contributed by atoms with Crippen LogP contribution in [0.15, 0.2) is 28.7 Å². The lowest BCUT2D eigenvalue weighted by Gasteiger charge is -2.18. The SMILES string of the molecule is CCOc1cccc2cc(C(=O)Nc3sc4c(c3C(N)=O)CCC(C)C4)oc12. The first-order valence-corrected chi connectivity index (χ1v) is 10.2. The quantitative estimate of drug-likeness (QED) is 0.667. The van der Waals surface area contributed by atoms with Gasteiger partial charge in [0.25, 0.3) is 11.8 Å². The molecule has 3 aromatic rings. The number of thiophene rings is 1. The van der Waals surface area contributed by atoms with Gasteiger partial charge in [-0.1, -0.05) is 19.1 Å². The van der Waals surface area contributed by atoms with Gasteiger partial charge in [0.15, 0.2) is 17.1 Å². The molecule has 146 valence electrons. The minimum absolute atomic E-state index is 0.164. The number of carbonyl (C=O) groups is 2. The van der Waals surface area contributed by atoms with Crippen molar-refractivity contribution in [2.45, 2.75) is 33.1 Å². The summed E-state index contributed by atoms with van der Waals surface area (Å²) < 4.78 is 11.3. The molecular weight excluding hydrogens is 376 g/mol. The Morgan fingerprint density at radius 3 is 2.96 bits per heavy atom. The van der Waals surface area contributed by atoms with Crippen molar-refractivity contribution in [2.24, 2.45) is 11.7 Å². The highest BCUT2D eigenvalue weighted by atomic mass is 32.1. The van der Waals surface area contributed by atoms with E-state index in [1.807, 2.05) is 19.1 Å². The predicted molar refractivity (Wildman–Crippen MR) is 109 cm³/mol. The van der Waals surface area contributed by atoms with Crippen molar-refractivity contribution in [3.63, 3.8) is 0 Å². The molecule has 0 fully saturated rings. The molecule has 0 radical (unpaired) electrons. The first-order valence-electron chi connectivity index (χ1n) is 9.39. The third-order valence-electron chi connectivity index (χ3n) is 5.02. The molecule has 0 aliphatic heterocycles. The maximum Gasteiger partial charge on any atom is 0.292 e. The van der Waals surface area contributed by atoms with E-state index in [0.29, 0.717) is 34.4 Å². The second kappa shape index (κ2) is 7.31. The second-order valence-corrected chi connectivity index (χ2v) is 8.20. The number of benzene rings is 1. The Kier molecular flexibility index (Phi) is 4.85. The van der Waals surface area contributed by atoms with Crippen LogP contribution in [-0.4, -0.2) is 18.4 Å². The monoisotopic (exact) mass is 398 g/mol. The number of hydrogen-bond donors (Lipinski definition) is 2. The molecule has 28 heavy (non-hydrogen) atoms. The zero-order chi connectivity index (χ0) is 19.8. The van der Waals surface area contributed by atoms with E-state index in [-0.39, 0.29) is 5.76 Å². The van der Waals surface area contributed by atoms with Crippen LogP contribution in [0.4, 0.5) is 5.00 Å². The molecule has 1 aromatic carbocycles. The summed E-state index contributed by atoms with van der Waals surface area (Å²) in [6, 6.07) is 7.19. The molecule has 2 aromatic heterocycles. The molecule has 1 unspecified atom stereocenters. The van der Waals surface area contributed by atoms with E-state index in [0.717, 1.165) is 35.1 Å². The molecule has 0 saturated heterocycles. The largest absolute Gasteiger partial charge is 0.490 e. The minimum atomic E-state index is -0.509. The number of nitrogens with two attached hydrogens (primary N) is 1. The number of primary amides is 1. The van der Waals surface area contributed by atoms with Crippen molar-refractivity contribution in [3.8, 4) is 5.75 Å². The average Bonchev–Trinajstić information content (AvgIpc) is 3.23. The lowest BCUT2D eigenvalue weighted by Crippen LogP contribution is -2.19. The maximum absolute atomic E-state index is 12.8. The van der Waals surface area contributed by atoms with Gasteiger partial charge >= 0.3 is 0 Å². The van der Waals surface area contributed by atoms with Crippen molar-refractivity contribution in [3.05, 3.63) is 46.0 Å². The summed E-state index contributed by atoms with van der Waals surface area (Å²) in [4.78, 5) is 26.0. The first-order chi connectivity index (χ1) is 13.5. The van der Waals surface area contributed by atoms with Crippen LogP contribution in [0.3, 0.4) is 0 Å². The van der Waals surface area contributed by atoms with E-state index in [1.165, 1.54) is 11.3 Å². The Hall–Kier alpha value is -2.80. The van der Waals surface area contributed by atoms with Gasteiger partial charge in [0.2, 0.25) is 0 Å². The van der Waals surface area contributed by atoms with Crippen LogP contribution in [0.25, 0.3) is 11.0 Å². The summed E-state index contributed by atoms with van der Waals surface area (Å²) >= 11 is 1.44. The molecule has 1 aliphatic carbocycles. The van der Waals surface area contributed by atoms with Gasteiger partial charge in [-0.2, -0.15) is 0 Å². The number of amides is 2. The molecule has 1 atom stereocenters. The Morgan fingerprint density at radius 1 is 1.39 bits per heavy atom. The van der Waals surface area contributed by atoms with Gasteiger partial charge < -0.3 is 20.2 Å². The Morgan fingerprint density at radius 2 is 2.21 bits per heavy atom. The molecule has 0 spiro atoms. The number of ether oxygens (including phenoxy) is 1. The summed E-state index contributed by atoms with van der Waals surface area (Å²) in [7, 11) is 0. The highest BCUT2D eigenvalue weighted by Gasteiger charge is 2.28. The van der Waals surface area contributed by atoms with Gasteiger partial charge in [-0.15, -0.1) is 11.3 Å². The molecule has 4 rings (SSSR count). The Labute approximate surface area is 166 Å². The molecule has 0 saturated carbocycles. The summed E-state index contributed by atoms with van der Waals surface area (Å²) in [5.41, 5.74) is 7.57. The molecule has 2 heterocycles. The van der Waals surface area contributed by atoms with E-state index < -0.39 is 11.8 Å². The molecule has 0 bridgehead atoms. The fraction of sp³-hybridized carbons (Fsp3) is 0.333. The third-order valence-corrected chi connectivity index (χ3v) is 6.19. The van der Waals surface area contributed by atoms with E-state index >= 15 is 0 Å². The Balaban J connectivity index is 1.66. The van der Waals surface area contributed by atoms with Crippen molar-refractivity contribution in [2.75, 3.05) is 11.9 Å². The second-order valence-electron chi connectivity index (χ2n) is 7.09. The minimum Gasteiger partial charge on any atom is -0.490 e. The molecule has 7 heteroatoms. The topological polar surface area (TPSA) is 94.6 Å². The lowest BCUT2D eigenvalue weighted by atomic mass is 9.88. The van der Waals surface area contributed by atoms with Gasteiger partial charge in [0.1, 0.15) is 5.00 Å². The van der Waals surface area contributed by atoms with Gasteiger partial charge in [0, 0.05) is 10.3 Å². The van der Waals surface area contributed by atoms with Crippen LogP contribution >= 0.6 is 11.3 Å². The fourth-order valence-electron chi connectivity index (χ4n) is 3.68. The maximum atomic E-state index is 12.8. The van der Waals surface area contributed by atoms with E-state index in [4.69, 9.17) is 14.9 Å². The number of para-hydroxylation sites is 1. The number of nitrogens with one attached hydrogen (secondary N) is 1. The number of rotatable bonds is 5. The molecule has 2 amide bonds. The van der Waals surface area contributed by atoms with Gasteiger partial charge in [-0.25, -0.2) is 0 Å². The normalized spacial score (nSPS) is 16.0. The van der Waals surface area contributed by atoms with Crippen molar-refractivity contribution in [1.29, 1.82) is 0 Å². The number of anilines is 1. The van der Waals surface area contributed by atoms with E-state index in [2.05, 4.69) is 12.2 Å². The summed E-state index contributed by atoms with van der Waals surface area (Å²) in [6.45, 7) is 4.58. The van der Waals surface area contributed by atoms with Crippen molar-refractivity contribution in [1.82, 2.24) is 0 Å². The van der Waals surface area contributed by atoms with Crippen LogP contribution in [0.2, 0.25) is 0 Å². The standard InChI is InChI=1S/C21H22N2O4S/c1-3-26-14-6-4-5-12-10-15(27-18(12)14)20(25)23-21-17(19(22)24)13-8-7-11(2)9-16(13)28-21/h4-6,10-11H,3,7-9H2,1-2H3,(H2,22,24)(H,23,25). The fourth-order valence-corrected chi connectivity index (χ4v) is 5.09. The number of furan rings is 1. The summed E-state index contributed by atoms with van der Waals surface area (Å²) in [5.74, 6) is 0.399. The highest BCUT2D eigenvalue weighted by molar-refractivity contribution is 7.17. The van der Waals surface area contributed by atoms with E-state index in [1.54, 1.807) is 12.1 Å². The van der Waals surface area contributed by atoms with Crippen LogP contribution in [-0.2, 0) is 12.8 Å². The highest BCUT2D eigenvalue weighted by Crippen LogP contribution is 2.40. The van der Waals surface area contributed by atoms with Gasteiger partial charge in [-0.3, -0.25) is 9.59 Å². The predicted octanol–water partition coefficient (Wildman–Crippen LogP) is 4.37. The summed E-state index contributed by atoms with van der Waals surface area (Å²) in [5, 5.41) is 4.12. The van der Waals surface area contributed by atoms with Crippen molar-refractivity contribution < 1.29 is 18.7 Å². The van der Waals surface area contributed by atoms with Crippen LogP contribution in [0, 0.1) is 5.92 Å². The summed E-state index contributed by atoms with van der Waals surface area (Å²) in [6.07, 6.45) is 2.73. The molecule has 6 nitrogen and oxygen atoms in total. The molecule has 3 N–H and O–H groups in total.